The normalized spacial score (nSPS) is 9.81. The van der Waals surface area contributed by atoms with Crippen LogP contribution in [0.5, 0.6) is 11.5 Å². The van der Waals surface area contributed by atoms with Crippen LogP contribution in [0.3, 0.4) is 0 Å². The lowest BCUT2D eigenvalue weighted by atomic mass is 10.1. The summed E-state index contributed by atoms with van der Waals surface area (Å²) in [6, 6.07) is 5.08. The van der Waals surface area contributed by atoms with Crippen molar-refractivity contribution in [3.63, 3.8) is 0 Å². The van der Waals surface area contributed by atoms with Crippen LogP contribution in [0.25, 0.3) is 6.08 Å². The summed E-state index contributed by atoms with van der Waals surface area (Å²) in [4.78, 5) is 10.7. The third-order valence-corrected chi connectivity index (χ3v) is 2.00. The molecule has 0 spiro atoms. The zero-order chi connectivity index (χ0) is 12.0. The van der Waals surface area contributed by atoms with Crippen molar-refractivity contribution in [2.75, 3.05) is 14.2 Å². The number of rotatable bonds is 4. The van der Waals surface area contributed by atoms with Crippen molar-refractivity contribution in [2.24, 2.45) is 0 Å². The number of ether oxygens (including phenoxy) is 2. The number of methoxy groups -OCH3 is 2. The second kappa shape index (κ2) is 5.56. The minimum atomic E-state index is 0.463. The highest BCUT2D eigenvalue weighted by molar-refractivity contribution is 5.80. The van der Waals surface area contributed by atoms with Crippen LogP contribution in [0, 0.1) is 11.3 Å². The van der Waals surface area contributed by atoms with Gasteiger partial charge in [-0.25, -0.2) is 0 Å². The number of hydrogen-bond acceptors (Lipinski definition) is 4. The van der Waals surface area contributed by atoms with E-state index in [1.165, 1.54) is 20.3 Å². The lowest BCUT2D eigenvalue weighted by molar-refractivity contribution is 0.112. The molecule has 0 atom stereocenters. The molecule has 0 unspecified atom stereocenters. The Labute approximate surface area is 93.7 Å². The average Bonchev–Trinajstić information content (AvgIpc) is 2.34. The van der Waals surface area contributed by atoms with Gasteiger partial charge in [-0.1, -0.05) is 0 Å². The Morgan fingerprint density at radius 1 is 1.31 bits per heavy atom. The quantitative estimate of drug-likeness (QED) is 0.572. The molecule has 0 N–H and O–H groups in total. The zero-order valence-electron chi connectivity index (χ0n) is 9.06. The number of allylic oxidation sites excluding steroid dienone is 1. The first-order valence-electron chi connectivity index (χ1n) is 4.54. The molecule has 0 saturated heterocycles. The Morgan fingerprint density at radius 3 is 2.56 bits per heavy atom. The molecule has 0 bridgehead atoms. The highest BCUT2D eigenvalue weighted by Crippen LogP contribution is 2.32. The Kier molecular flexibility index (Phi) is 4.10. The standard InChI is InChI=1S/C12H11NO3/c1-15-11-7-9(8-14)6-10(4-3-5-13)12(11)16-2/h3-4,6-8H,1-2H3. The SMILES string of the molecule is COc1cc(C=O)cc(C=CC#N)c1OC. The first kappa shape index (κ1) is 11.8. The van der Waals surface area contributed by atoms with Gasteiger partial charge in [0.25, 0.3) is 0 Å². The Balaban J connectivity index is 3.37. The number of aldehydes is 1. The lowest BCUT2D eigenvalue weighted by Crippen LogP contribution is -1.95. The molecule has 0 amide bonds. The molecule has 0 radical (unpaired) electrons. The summed E-state index contributed by atoms with van der Waals surface area (Å²) < 4.78 is 10.3. The first-order chi connectivity index (χ1) is 7.76. The van der Waals surface area contributed by atoms with Crippen LogP contribution >= 0.6 is 0 Å². The fraction of sp³-hybridized carbons (Fsp3) is 0.167. The molecule has 16 heavy (non-hydrogen) atoms. The van der Waals surface area contributed by atoms with Gasteiger partial charge in [-0.3, -0.25) is 4.79 Å². The molecule has 82 valence electrons. The van der Waals surface area contributed by atoms with Gasteiger partial charge in [0.1, 0.15) is 6.29 Å². The predicted molar refractivity (Wildman–Crippen MR) is 59.6 cm³/mol. The summed E-state index contributed by atoms with van der Waals surface area (Å²) in [6.07, 6.45) is 3.59. The van der Waals surface area contributed by atoms with Crippen LogP contribution in [0.4, 0.5) is 0 Å². The van der Waals surface area contributed by atoms with Gasteiger partial charge in [-0.05, 0) is 18.2 Å². The number of carbonyl (C=O) groups excluding carboxylic acids is 1. The van der Waals surface area contributed by atoms with Gasteiger partial charge in [-0.15, -0.1) is 0 Å². The molecule has 0 heterocycles. The van der Waals surface area contributed by atoms with E-state index in [4.69, 9.17) is 14.7 Å². The van der Waals surface area contributed by atoms with E-state index in [2.05, 4.69) is 0 Å². The molecule has 0 aliphatic carbocycles. The predicted octanol–water partition coefficient (Wildman–Crippen LogP) is 2.05. The van der Waals surface area contributed by atoms with E-state index in [1.54, 1.807) is 18.2 Å². The van der Waals surface area contributed by atoms with Crippen LogP contribution in [0.2, 0.25) is 0 Å². The smallest absolute Gasteiger partial charge is 0.167 e. The summed E-state index contributed by atoms with van der Waals surface area (Å²) >= 11 is 0. The van der Waals surface area contributed by atoms with Crippen molar-refractivity contribution in [3.05, 3.63) is 29.3 Å². The van der Waals surface area contributed by atoms with Crippen LogP contribution in [0.1, 0.15) is 15.9 Å². The molecule has 4 heteroatoms. The van der Waals surface area contributed by atoms with Crippen LogP contribution < -0.4 is 9.47 Å². The zero-order valence-corrected chi connectivity index (χ0v) is 9.06. The van der Waals surface area contributed by atoms with Gasteiger partial charge >= 0.3 is 0 Å². The summed E-state index contributed by atoms with van der Waals surface area (Å²) in [6.45, 7) is 0. The number of hydrogen-bond donors (Lipinski definition) is 0. The first-order valence-corrected chi connectivity index (χ1v) is 4.54. The minimum absolute atomic E-state index is 0.463. The molecule has 0 aliphatic rings. The molecule has 4 nitrogen and oxygen atoms in total. The van der Waals surface area contributed by atoms with Crippen molar-refractivity contribution in [2.45, 2.75) is 0 Å². The van der Waals surface area contributed by atoms with Gasteiger partial charge < -0.3 is 9.47 Å². The summed E-state index contributed by atoms with van der Waals surface area (Å²) in [5.41, 5.74) is 1.10. The van der Waals surface area contributed by atoms with E-state index in [0.29, 0.717) is 28.9 Å². The third kappa shape index (κ3) is 2.39. The van der Waals surface area contributed by atoms with Crippen molar-refractivity contribution < 1.29 is 14.3 Å². The molecule has 0 saturated carbocycles. The van der Waals surface area contributed by atoms with Gasteiger partial charge in [-0.2, -0.15) is 5.26 Å². The maximum absolute atomic E-state index is 10.7. The number of nitrogens with zero attached hydrogens (tertiary/aromatic N) is 1. The highest BCUT2D eigenvalue weighted by Gasteiger charge is 2.09. The molecule has 0 aliphatic heterocycles. The van der Waals surface area contributed by atoms with Crippen LogP contribution in [-0.2, 0) is 0 Å². The van der Waals surface area contributed by atoms with Crippen molar-refractivity contribution in [1.82, 2.24) is 0 Å². The fourth-order valence-electron chi connectivity index (χ4n) is 1.33. The summed E-state index contributed by atoms with van der Waals surface area (Å²) in [5, 5.41) is 8.47. The molecule has 1 aromatic carbocycles. The van der Waals surface area contributed by atoms with E-state index in [-0.39, 0.29) is 0 Å². The van der Waals surface area contributed by atoms with Crippen LogP contribution in [-0.4, -0.2) is 20.5 Å². The van der Waals surface area contributed by atoms with Gasteiger partial charge in [0.15, 0.2) is 11.5 Å². The molecule has 1 rings (SSSR count). The second-order valence-electron chi connectivity index (χ2n) is 2.93. The largest absolute Gasteiger partial charge is 0.493 e. The maximum atomic E-state index is 10.7. The van der Waals surface area contributed by atoms with E-state index in [1.807, 2.05) is 6.07 Å². The van der Waals surface area contributed by atoms with Gasteiger partial charge in [0.05, 0.1) is 20.3 Å². The number of nitriles is 1. The number of carbonyl (C=O) groups is 1. The number of benzene rings is 1. The molecular formula is C12H11NO3. The monoisotopic (exact) mass is 217 g/mol. The molecule has 0 aromatic heterocycles. The van der Waals surface area contributed by atoms with Crippen molar-refractivity contribution in [3.8, 4) is 17.6 Å². The van der Waals surface area contributed by atoms with E-state index in [0.717, 1.165) is 0 Å². The molecule has 1 aromatic rings. The van der Waals surface area contributed by atoms with E-state index < -0.39 is 0 Å². The average molecular weight is 217 g/mol. The molecule has 0 fully saturated rings. The minimum Gasteiger partial charge on any atom is -0.493 e. The Morgan fingerprint density at radius 2 is 2.06 bits per heavy atom. The third-order valence-electron chi connectivity index (χ3n) is 2.00. The van der Waals surface area contributed by atoms with E-state index >= 15 is 0 Å². The van der Waals surface area contributed by atoms with Crippen molar-refractivity contribution >= 4 is 12.4 Å². The Hall–Kier alpha value is -2.28. The maximum Gasteiger partial charge on any atom is 0.167 e. The topological polar surface area (TPSA) is 59.3 Å². The molecular weight excluding hydrogens is 206 g/mol. The Bertz CT molecular complexity index is 458. The van der Waals surface area contributed by atoms with E-state index in [9.17, 15) is 4.79 Å². The fourth-order valence-corrected chi connectivity index (χ4v) is 1.33. The highest BCUT2D eigenvalue weighted by atomic mass is 16.5. The summed E-state index contributed by atoms with van der Waals surface area (Å²) in [7, 11) is 2.99. The second-order valence-corrected chi connectivity index (χ2v) is 2.93. The van der Waals surface area contributed by atoms with Crippen LogP contribution in [0.15, 0.2) is 18.2 Å². The van der Waals surface area contributed by atoms with Crippen molar-refractivity contribution in [1.29, 1.82) is 5.26 Å². The van der Waals surface area contributed by atoms with Gasteiger partial charge in [0.2, 0.25) is 0 Å². The lowest BCUT2D eigenvalue weighted by Gasteiger charge is -2.10. The van der Waals surface area contributed by atoms with Gasteiger partial charge in [0, 0.05) is 17.2 Å². The summed E-state index contributed by atoms with van der Waals surface area (Å²) in [5.74, 6) is 0.962.